The molecule has 20 nitrogen and oxygen atoms in total. The predicted octanol–water partition coefficient (Wildman–Crippen LogP) is -1.35. The molecule has 3 aliphatic heterocycles. The summed E-state index contributed by atoms with van der Waals surface area (Å²) in [6.45, 7) is 12.8. The van der Waals surface area contributed by atoms with Crippen molar-refractivity contribution in [2.75, 3.05) is 19.8 Å². The molecular weight excluding hydrogens is 897 g/mol. The van der Waals surface area contributed by atoms with E-state index in [1.807, 2.05) is 13.8 Å². The number of fused-ring (bicyclic) bond motifs is 7. The molecule has 0 unspecified atom stereocenters. The maximum atomic E-state index is 12.5. The van der Waals surface area contributed by atoms with Crippen LogP contribution in [0.3, 0.4) is 0 Å². The van der Waals surface area contributed by atoms with Gasteiger partial charge in [0, 0.05) is 16.2 Å². The second-order valence-electron chi connectivity index (χ2n) is 23.4. The third-order valence-corrected chi connectivity index (χ3v) is 20.0. The second-order valence-corrected chi connectivity index (χ2v) is 23.4. The lowest BCUT2D eigenvalue weighted by atomic mass is 9.33. The van der Waals surface area contributed by atoms with Crippen LogP contribution in [0.4, 0.5) is 0 Å². The summed E-state index contributed by atoms with van der Waals surface area (Å²) >= 11 is 0. The van der Waals surface area contributed by atoms with Crippen molar-refractivity contribution in [3.63, 3.8) is 0 Å². The first-order chi connectivity index (χ1) is 31.7. The molecule has 20 heteroatoms. The number of rotatable bonds is 10. The number of ether oxygens (including phenoxy) is 6. The quantitative estimate of drug-likeness (QED) is 0.0889. The van der Waals surface area contributed by atoms with E-state index < -0.39 is 139 Å². The van der Waals surface area contributed by atoms with Crippen molar-refractivity contribution in [2.45, 2.75) is 210 Å². The fourth-order valence-corrected chi connectivity index (χ4v) is 15.2. The molecule has 0 amide bonds. The Morgan fingerprint density at radius 2 is 1.28 bits per heavy atom. The topological polar surface area (TPSA) is 335 Å². The lowest BCUT2D eigenvalue weighted by molar-refractivity contribution is -0.396. The van der Waals surface area contributed by atoms with Gasteiger partial charge in [-0.05, 0) is 92.3 Å². The summed E-state index contributed by atoms with van der Waals surface area (Å²) in [5.74, 6) is -1.69. The molecule has 0 aromatic carbocycles. The Labute approximate surface area is 396 Å². The van der Waals surface area contributed by atoms with Gasteiger partial charge in [-0.15, -0.1) is 0 Å². The minimum Gasteiger partial charge on any atom is -0.479 e. The first kappa shape index (κ1) is 52.8. The van der Waals surface area contributed by atoms with E-state index in [-0.39, 0.29) is 47.2 Å². The molecular formula is C48H78O20. The number of aliphatic carboxylic acids is 1. The van der Waals surface area contributed by atoms with Crippen LogP contribution < -0.4 is 0 Å². The predicted molar refractivity (Wildman–Crippen MR) is 233 cm³/mol. The summed E-state index contributed by atoms with van der Waals surface area (Å²) in [4.78, 5) is 12.5. The fourth-order valence-electron chi connectivity index (χ4n) is 15.2. The van der Waals surface area contributed by atoms with Crippen LogP contribution in [0.5, 0.6) is 0 Å². The first-order valence-corrected chi connectivity index (χ1v) is 24.5. The van der Waals surface area contributed by atoms with Crippen LogP contribution in [0, 0.1) is 50.2 Å². The van der Waals surface area contributed by atoms with E-state index in [4.69, 9.17) is 28.4 Å². The van der Waals surface area contributed by atoms with E-state index in [1.165, 1.54) is 12.5 Å². The summed E-state index contributed by atoms with van der Waals surface area (Å²) in [5.41, 5.74) is -2.01. The molecule has 0 bridgehead atoms. The minimum atomic E-state index is -2.09. The maximum absolute atomic E-state index is 12.5. The van der Waals surface area contributed by atoms with Gasteiger partial charge in [0.15, 0.2) is 25.0 Å². The molecule has 8 aliphatic rings. The van der Waals surface area contributed by atoms with Gasteiger partial charge in [0.1, 0.15) is 61.0 Å². The molecule has 8 rings (SSSR count). The van der Waals surface area contributed by atoms with Gasteiger partial charge in [-0.2, -0.15) is 0 Å². The van der Waals surface area contributed by atoms with Crippen molar-refractivity contribution in [2.24, 2.45) is 50.2 Å². The molecule has 390 valence electrons. The van der Waals surface area contributed by atoms with Crippen molar-refractivity contribution in [1.82, 2.24) is 0 Å². The summed E-state index contributed by atoms with van der Waals surface area (Å²) in [6, 6.07) is 0. The average molecular weight is 975 g/mol. The normalized spacial score (nSPS) is 57.2. The van der Waals surface area contributed by atoms with Crippen LogP contribution in [0.15, 0.2) is 11.6 Å². The third kappa shape index (κ3) is 7.81. The number of carboxylic acid groups (broad SMARTS) is 1. The van der Waals surface area contributed by atoms with Gasteiger partial charge in [-0.3, -0.25) is 0 Å². The highest BCUT2D eigenvalue weighted by molar-refractivity contribution is 5.73. The molecule has 7 fully saturated rings. The zero-order chi connectivity index (χ0) is 50.0. The van der Waals surface area contributed by atoms with Gasteiger partial charge >= 0.3 is 5.97 Å². The highest BCUT2D eigenvalue weighted by atomic mass is 16.8. The largest absolute Gasteiger partial charge is 0.479 e. The van der Waals surface area contributed by atoms with E-state index in [0.29, 0.717) is 32.1 Å². The van der Waals surface area contributed by atoms with Crippen LogP contribution in [0.2, 0.25) is 0 Å². The molecule has 3 heterocycles. The van der Waals surface area contributed by atoms with Gasteiger partial charge in [-0.25, -0.2) is 4.79 Å². The molecule has 0 spiro atoms. The monoisotopic (exact) mass is 975 g/mol. The lowest BCUT2D eigenvalue weighted by Gasteiger charge is -2.72. The first-order valence-electron chi connectivity index (χ1n) is 24.5. The van der Waals surface area contributed by atoms with Gasteiger partial charge in [0.05, 0.1) is 44.2 Å². The second kappa shape index (κ2) is 18.5. The van der Waals surface area contributed by atoms with Crippen LogP contribution >= 0.6 is 0 Å². The van der Waals surface area contributed by atoms with Crippen molar-refractivity contribution < 1.29 is 99.6 Å². The van der Waals surface area contributed by atoms with Crippen LogP contribution in [0.25, 0.3) is 0 Å². The smallest absolute Gasteiger partial charge is 0.335 e. The number of aliphatic hydroxyl groups is 12. The van der Waals surface area contributed by atoms with E-state index in [9.17, 15) is 71.2 Å². The van der Waals surface area contributed by atoms with Crippen LogP contribution in [-0.4, -0.2) is 203 Å². The van der Waals surface area contributed by atoms with Crippen molar-refractivity contribution in [1.29, 1.82) is 0 Å². The Morgan fingerprint density at radius 3 is 1.90 bits per heavy atom. The number of aliphatic hydroxyl groups excluding tert-OH is 12. The Morgan fingerprint density at radius 1 is 0.647 bits per heavy atom. The molecule has 0 aromatic rings. The van der Waals surface area contributed by atoms with E-state index >= 15 is 0 Å². The van der Waals surface area contributed by atoms with Crippen LogP contribution in [-0.2, 0) is 33.2 Å². The van der Waals surface area contributed by atoms with Gasteiger partial charge in [0.25, 0.3) is 0 Å². The highest BCUT2D eigenvalue weighted by Gasteiger charge is 2.71. The molecule has 5 aliphatic carbocycles. The summed E-state index contributed by atoms with van der Waals surface area (Å²) in [5, 5.41) is 142. The lowest BCUT2D eigenvalue weighted by Crippen LogP contribution is -2.69. The number of allylic oxidation sites excluding steroid dienone is 2. The summed E-state index contributed by atoms with van der Waals surface area (Å²) < 4.78 is 36.1. The van der Waals surface area contributed by atoms with Crippen molar-refractivity contribution in [3.8, 4) is 0 Å². The number of carboxylic acids is 1. The third-order valence-electron chi connectivity index (χ3n) is 20.0. The van der Waals surface area contributed by atoms with Crippen molar-refractivity contribution >= 4 is 5.97 Å². The molecule has 4 saturated carbocycles. The molecule has 0 radical (unpaired) electrons. The molecule has 68 heavy (non-hydrogen) atoms. The maximum Gasteiger partial charge on any atom is 0.335 e. The summed E-state index contributed by atoms with van der Waals surface area (Å²) in [7, 11) is 0. The van der Waals surface area contributed by atoms with E-state index in [2.05, 4.69) is 33.8 Å². The van der Waals surface area contributed by atoms with E-state index in [0.717, 1.165) is 19.3 Å². The van der Waals surface area contributed by atoms with Gasteiger partial charge in [0.2, 0.25) is 0 Å². The van der Waals surface area contributed by atoms with Crippen LogP contribution in [0.1, 0.15) is 99.8 Å². The average Bonchev–Trinajstić information content (AvgIpc) is 3.30. The Balaban J connectivity index is 1.08. The Kier molecular flexibility index (Phi) is 14.3. The molecule has 3 saturated heterocycles. The number of carbonyl (C=O) groups is 1. The van der Waals surface area contributed by atoms with Crippen molar-refractivity contribution in [3.05, 3.63) is 11.6 Å². The number of hydrogen-bond acceptors (Lipinski definition) is 19. The zero-order valence-electron chi connectivity index (χ0n) is 40.2. The molecule has 13 N–H and O–H groups in total. The minimum absolute atomic E-state index is 0.0531. The highest BCUT2D eigenvalue weighted by Crippen LogP contribution is 2.76. The Bertz CT molecular complexity index is 1880. The van der Waals surface area contributed by atoms with E-state index in [1.54, 1.807) is 0 Å². The van der Waals surface area contributed by atoms with Gasteiger partial charge in [-0.1, -0.05) is 53.2 Å². The standard InChI is InChI=1S/C48H78O20/c1-20-27(52)29(54)33(58)40(63-20)67-35-30(55)28(53)23(17-49)64-41(35)68-36-32(57)31(56)34(39(61)62)66-42(36)65-26-11-12-45(4)24(46(26,5)19-51)10-13-48(7)25(45)9-8-21-22-16-43(2,18-50)37(59)38(60)44(22,3)14-15-47(21,48)6/h8,20,22-38,40-42,49-60H,9-19H2,1-7H3,(H,61,62)/t20-,22-,23+,24+,25+,26-,27-,28-,29+,30-,31-,32-,33+,34-,35+,36+,37-,38+,40+,41-,42+,43+,44+,45-,46+,47+,48+/m0/s1. The fraction of sp³-hybridized carbons (Fsp3) is 0.938. The molecule has 0 aromatic heterocycles. The molecule has 27 atom stereocenters. The summed E-state index contributed by atoms with van der Waals surface area (Å²) in [6.07, 6.45) is -22.0. The number of hydrogen-bond donors (Lipinski definition) is 13. The Hall–Kier alpha value is -1.51. The van der Waals surface area contributed by atoms with Gasteiger partial charge < -0.3 is 94.8 Å². The SMILES string of the molecule is C[C@@H]1O[C@H](O[C@H]2[C@H](O[C@H]3[C@H](O[C@H]4CC[C@@]5(C)[C@@H](CC[C@]6(C)[C@@H]5CC=C5[C@@H]7C[C@](C)(CO)[C@@H](O)[C@@H](O)[C@]7(C)CC[C@]56C)[C@@]4(C)CO)O[C@H](C(=O)O)[C@@H](O)[C@@H]3O)O[C@H](CO)[C@H](O)[C@@H]2O)[C@H](O)[C@H](O)[C@H]1O. The zero-order valence-corrected chi connectivity index (χ0v) is 40.2.